The van der Waals surface area contributed by atoms with Crippen molar-refractivity contribution in [1.82, 2.24) is 25.3 Å². The minimum atomic E-state index is -1.26. The standard InChI is InChI=1S/C15H12N6O4/c16-15-20-11-10(13(23)21-15)17-6-8(18-11)12(22)19-9(14(24)25)7-4-2-1-3-5-7/h1-6,9H,(H,19,22)(H,24,25)(H3,16,18,20,21,23)/t9-/m0/s1. The maximum absolute atomic E-state index is 12.3. The molecule has 1 amide bonds. The number of aromatic nitrogens is 4. The second-order valence-corrected chi connectivity index (χ2v) is 5.03. The zero-order valence-electron chi connectivity index (χ0n) is 12.6. The van der Waals surface area contributed by atoms with Gasteiger partial charge in [0.15, 0.2) is 17.2 Å². The highest BCUT2D eigenvalue weighted by molar-refractivity contribution is 5.96. The zero-order chi connectivity index (χ0) is 18.0. The summed E-state index contributed by atoms with van der Waals surface area (Å²) in [7, 11) is 0. The van der Waals surface area contributed by atoms with Gasteiger partial charge in [0.1, 0.15) is 5.69 Å². The summed E-state index contributed by atoms with van der Waals surface area (Å²) in [6.07, 6.45) is 1.06. The molecule has 0 aliphatic carbocycles. The number of H-pyrrole nitrogens is 1. The summed E-state index contributed by atoms with van der Waals surface area (Å²) in [6, 6.07) is 6.94. The number of aliphatic carboxylic acids is 1. The van der Waals surface area contributed by atoms with Gasteiger partial charge in [-0.15, -0.1) is 0 Å². The third-order valence-corrected chi connectivity index (χ3v) is 3.33. The van der Waals surface area contributed by atoms with E-state index in [9.17, 15) is 19.5 Å². The number of nitrogen functional groups attached to an aromatic ring is 1. The summed E-state index contributed by atoms with van der Waals surface area (Å²) in [5, 5.41) is 11.7. The van der Waals surface area contributed by atoms with Crippen molar-refractivity contribution in [3.8, 4) is 0 Å². The molecular weight excluding hydrogens is 328 g/mol. The van der Waals surface area contributed by atoms with Gasteiger partial charge in [-0.3, -0.25) is 14.6 Å². The van der Waals surface area contributed by atoms with E-state index in [4.69, 9.17) is 5.73 Å². The van der Waals surface area contributed by atoms with E-state index in [0.29, 0.717) is 5.56 Å². The van der Waals surface area contributed by atoms with Crippen LogP contribution in [-0.2, 0) is 4.79 Å². The van der Waals surface area contributed by atoms with E-state index in [1.54, 1.807) is 30.3 Å². The number of carbonyl (C=O) groups is 2. The van der Waals surface area contributed by atoms with Crippen molar-refractivity contribution in [2.45, 2.75) is 6.04 Å². The van der Waals surface area contributed by atoms with Crippen LogP contribution in [0.2, 0.25) is 0 Å². The molecule has 1 aromatic carbocycles. The van der Waals surface area contributed by atoms with Crippen molar-refractivity contribution in [2.24, 2.45) is 0 Å². The van der Waals surface area contributed by atoms with Crippen LogP contribution in [0.25, 0.3) is 11.2 Å². The summed E-state index contributed by atoms with van der Waals surface area (Å²) in [5.41, 5.74) is 4.87. The van der Waals surface area contributed by atoms with Crippen LogP contribution in [0.4, 0.5) is 5.95 Å². The van der Waals surface area contributed by atoms with Crippen LogP contribution >= 0.6 is 0 Å². The van der Waals surface area contributed by atoms with E-state index in [0.717, 1.165) is 6.20 Å². The zero-order valence-corrected chi connectivity index (χ0v) is 12.6. The fraction of sp³-hybridized carbons (Fsp3) is 0.0667. The quantitative estimate of drug-likeness (QED) is 0.509. The number of carboxylic acid groups (broad SMARTS) is 1. The van der Waals surface area contributed by atoms with Crippen LogP contribution in [0.3, 0.4) is 0 Å². The molecule has 2 heterocycles. The fourth-order valence-corrected chi connectivity index (χ4v) is 2.18. The summed E-state index contributed by atoms with van der Waals surface area (Å²) in [6.45, 7) is 0. The highest BCUT2D eigenvalue weighted by atomic mass is 16.4. The van der Waals surface area contributed by atoms with Crippen molar-refractivity contribution >= 4 is 29.0 Å². The summed E-state index contributed by atoms with van der Waals surface area (Å²) in [5.74, 6) is -2.17. The molecule has 1 atom stereocenters. The topological polar surface area (TPSA) is 164 Å². The van der Waals surface area contributed by atoms with Crippen LogP contribution in [0.1, 0.15) is 22.1 Å². The minimum Gasteiger partial charge on any atom is -0.479 e. The SMILES string of the molecule is Nc1nc2nc(C(=O)N[C@H](C(=O)O)c3ccccc3)cnc2c(=O)[nH]1. The molecule has 0 bridgehead atoms. The molecule has 5 N–H and O–H groups in total. The number of carbonyl (C=O) groups excluding carboxylic acids is 1. The number of carboxylic acids is 1. The molecule has 2 aromatic heterocycles. The van der Waals surface area contributed by atoms with Gasteiger partial charge >= 0.3 is 5.97 Å². The van der Waals surface area contributed by atoms with E-state index >= 15 is 0 Å². The lowest BCUT2D eigenvalue weighted by Gasteiger charge is -2.14. The number of nitrogens with one attached hydrogen (secondary N) is 2. The smallest absolute Gasteiger partial charge is 0.330 e. The second-order valence-electron chi connectivity index (χ2n) is 5.03. The molecule has 10 heteroatoms. The third-order valence-electron chi connectivity index (χ3n) is 3.33. The van der Waals surface area contributed by atoms with Gasteiger partial charge in [0, 0.05) is 0 Å². The monoisotopic (exact) mass is 340 g/mol. The maximum atomic E-state index is 12.3. The normalized spacial score (nSPS) is 11.8. The molecule has 126 valence electrons. The van der Waals surface area contributed by atoms with Gasteiger partial charge < -0.3 is 16.2 Å². The number of rotatable bonds is 4. The van der Waals surface area contributed by atoms with Crippen LogP contribution in [0.15, 0.2) is 41.3 Å². The molecule has 25 heavy (non-hydrogen) atoms. The number of aromatic amines is 1. The Morgan fingerprint density at radius 2 is 1.92 bits per heavy atom. The number of benzene rings is 1. The van der Waals surface area contributed by atoms with Gasteiger partial charge in [-0.2, -0.15) is 4.98 Å². The lowest BCUT2D eigenvalue weighted by Crippen LogP contribution is -2.34. The fourth-order valence-electron chi connectivity index (χ4n) is 2.18. The van der Waals surface area contributed by atoms with E-state index in [-0.39, 0.29) is 22.8 Å². The molecule has 3 aromatic rings. The average molecular weight is 340 g/mol. The molecule has 0 spiro atoms. The van der Waals surface area contributed by atoms with E-state index in [1.165, 1.54) is 0 Å². The molecular formula is C15H12N6O4. The minimum absolute atomic E-state index is 0.0800. The summed E-state index contributed by atoms with van der Waals surface area (Å²) < 4.78 is 0. The van der Waals surface area contributed by atoms with Gasteiger partial charge in [-0.05, 0) is 5.56 Å². The first-order valence-corrected chi connectivity index (χ1v) is 7.07. The molecule has 3 rings (SSSR count). The first-order chi connectivity index (χ1) is 12.0. The molecule has 0 saturated heterocycles. The van der Waals surface area contributed by atoms with Crippen molar-refractivity contribution in [2.75, 3.05) is 5.73 Å². The van der Waals surface area contributed by atoms with Gasteiger partial charge in [0.05, 0.1) is 6.20 Å². The Balaban J connectivity index is 1.93. The van der Waals surface area contributed by atoms with Gasteiger partial charge in [0.2, 0.25) is 5.95 Å². The lowest BCUT2D eigenvalue weighted by atomic mass is 10.1. The molecule has 0 saturated carbocycles. The largest absolute Gasteiger partial charge is 0.479 e. The van der Waals surface area contributed by atoms with Gasteiger partial charge in [-0.1, -0.05) is 30.3 Å². The Hall–Kier alpha value is -3.82. The molecule has 10 nitrogen and oxygen atoms in total. The van der Waals surface area contributed by atoms with Crippen LogP contribution < -0.4 is 16.6 Å². The number of nitrogens with two attached hydrogens (primary N) is 1. The number of hydrogen-bond acceptors (Lipinski definition) is 7. The molecule has 0 aliphatic heterocycles. The van der Waals surface area contributed by atoms with Gasteiger partial charge in [0.25, 0.3) is 11.5 Å². The van der Waals surface area contributed by atoms with Crippen LogP contribution in [0.5, 0.6) is 0 Å². The predicted molar refractivity (Wildman–Crippen MR) is 86.7 cm³/mol. The summed E-state index contributed by atoms with van der Waals surface area (Å²) >= 11 is 0. The van der Waals surface area contributed by atoms with E-state index in [2.05, 4.69) is 25.3 Å². The number of nitrogens with zero attached hydrogens (tertiary/aromatic N) is 3. The highest BCUT2D eigenvalue weighted by Crippen LogP contribution is 2.13. The number of fused-ring (bicyclic) bond motifs is 1. The Morgan fingerprint density at radius 3 is 2.60 bits per heavy atom. The molecule has 0 radical (unpaired) electrons. The van der Waals surface area contributed by atoms with Crippen molar-refractivity contribution < 1.29 is 14.7 Å². The van der Waals surface area contributed by atoms with Gasteiger partial charge in [-0.25, -0.2) is 14.8 Å². The van der Waals surface area contributed by atoms with E-state index in [1.807, 2.05) is 0 Å². The Morgan fingerprint density at radius 1 is 1.20 bits per heavy atom. The van der Waals surface area contributed by atoms with Crippen LogP contribution in [-0.4, -0.2) is 36.9 Å². The Kier molecular flexibility index (Phi) is 4.08. The maximum Gasteiger partial charge on any atom is 0.330 e. The molecule has 0 unspecified atom stereocenters. The highest BCUT2D eigenvalue weighted by Gasteiger charge is 2.23. The first-order valence-electron chi connectivity index (χ1n) is 7.07. The van der Waals surface area contributed by atoms with Crippen molar-refractivity contribution in [3.63, 3.8) is 0 Å². The Bertz CT molecular complexity index is 1020. The number of amides is 1. The second kappa shape index (κ2) is 6.35. The first kappa shape index (κ1) is 16.1. The lowest BCUT2D eigenvalue weighted by molar-refractivity contribution is -0.139. The van der Waals surface area contributed by atoms with E-state index < -0.39 is 23.5 Å². The predicted octanol–water partition coefficient (Wildman–Crippen LogP) is -0.149. The average Bonchev–Trinajstić information content (AvgIpc) is 2.59. The third kappa shape index (κ3) is 3.27. The van der Waals surface area contributed by atoms with Crippen molar-refractivity contribution in [1.29, 1.82) is 0 Å². The summed E-state index contributed by atoms with van der Waals surface area (Å²) in [4.78, 5) is 49.3. The molecule has 0 aliphatic rings. The number of hydrogen-bond donors (Lipinski definition) is 4. The van der Waals surface area contributed by atoms with Crippen molar-refractivity contribution in [3.05, 3.63) is 58.1 Å². The number of anilines is 1. The Labute approximate surface area is 139 Å². The van der Waals surface area contributed by atoms with Crippen LogP contribution in [0, 0.1) is 0 Å². The molecule has 0 fully saturated rings.